The topological polar surface area (TPSA) is 35.5 Å². The molecule has 3 nitrogen and oxygen atoms in total. The van der Waals surface area contributed by atoms with Crippen LogP contribution in [0, 0.1) is 0 Å². The van der Waals surface area contributed by atoms with Crippen molar-refractivity contribution in [3.63, 3.8) is 0 Å². The van der Waals surface area contributed by atoms with Gasteiger partial charge in [0.05, 0.1) is 0 Å². The van der Waals surface area contributed by atoms with Crippen molar-refractivity contribution in [1.82, 2.24) is 0 Å². The molecule has 0 aromatic rings. The van der Waals surface area contributed by atoms with Crippen LogP contribution in [0.15, 0.2) is 12.2 Å². The number of rotatable bonds is 6. The monoisotopic (exact) mass is 158 g/mol. The minimum Gasteiger partial charge on any atom is -0.349 e. The molecule has 0 amide bonds. The van der Waals surface area contributed by atoms with Gasteiger partial charge >= 0.3 is 0 Å². The van der Waals surface area contributed by atoms with Gasteiger partial charge in [-0.2, -0.15) is 0 Å². The van der Waals surface area contributed by atoms with Gasteiger partial charge in [-0.3, -0.25) is 4.79 Å². The molecule has 0 atom stereocenters. The van der Waals surface area contributed by atoms with Gasteiger partial charge in [0.2, 0.25) is 0 Å². The van der Waals surface area contributed by atoms with E-state index in [0.29, 0.717) is 25.1 Å². The summed E-state index contributed by atoms with van der Waals surface area (Å²) in [5, 5.41) is 0. The average molecular weight is 158 g/mol. The first-order valence-corrected chi connectivity index (χ1v) is 3.63. The molecule has 0 aliphatic heterocycles. The molecule has 0 heterocycles. The van der Waals surface area contributed by atoms with Gasteiger partial charge in [0.15, 0.2) is 12.6 Å². The molecule has 0 aliphatic rings. The Bertz CT molecular complexity index is 125. The third-order valence-corrected chi connectivity index (χ3v) is 1.09. The smallest absolute Gasteiger partial charge is 0.186 e. The second-order valence-corrected chi connectivity index (χ2v) is 1.94. The summed E-state index contributed by atoms with van der Waals surface area (Å²) in [6, 6.07) is 0. The summed E-state index contributed by atoms with van der Waals surface area (Å²) in [6.07, 6.45) is 0.0817. The van der Waals surface area contributed by atoms with Gasteiger partial charge in [0, 0.05) is 18.8 Å². The van der Waals surface area contributed by atoms with Crippen LogP contribution in [0.1, 0.15) is 13.8 Å². The Labute approximate surface area is 67.0 Å². The zero-order valence-electron chi connectivity index (χ0n) is 7.00. The molecule has 0 N–H and O–H groups in total. The Morgan fingerprint density at radius 3 is 2.18 bits per heavy atom. The van der Waals surface area contributed by atoms with Crippen molar-refractivity contribution < 1.29 is 14.3 Å². The van der Waals surface area contributed by atoms with Crippen molar-refractivity contribution in [3.8, 4) is 0 Å². The molecule has 0 unspecified atom stereocenters. The van der Waals surface area contributed by atoms with Crippen molar-refractivity contribution in [2.75, 3.05) is 13.2 Å². The Hall–Kier alpha value is -0.670. The summed E-state index contributed by atoms with van der Waals surface area (Å²) >= 11 is 0. The first kappa shape index (κ1) is 10.3. The molecule has 11 heavy (non-hydrogen) atoms. The van der Waals surface area contributed by atoms with Crippen LogP contribution in [0.25, 0.3) is 0 Å². The Morgan fingerprint density at radius 2 is 1.91 bits per heavy atom. The maximum absolute atomic E-state index is 10.2. The fourth-order valence-electron chi connectivity index (χ4n) is 0.620. The molecule has 0 aromatic carbocycles. The number of hydrogen-bond acceptors (Lipinski definition) is 3. The number of hydrogen-bond donors (Lipinski definition) is 0. The van der Waals surface area contributed by atoms with Crippen LogP contribution in [-0.4, -0.2) is 25.8 Å². The first-order chi connectivity index (χ1) is 5.26. The fraction of sp³-hybridized carbons (Fsp3) is 0.625. The van der Waals surface area contributed by atoms with Gasteiger partial charge in [-0.1, -0.05) is 6.58 Å². The third kappa shape index (κ3) is 3.91. The predicted molar refractivity (Wildman–Crippen MR) is 42.2 cm³/mol. The Morgan fingerprint density at radius 1 is 1.45 bits per heavy atom. The largest absolute Gasteiger partial charge is 0.349 e. The minimum atomic E-state index is -0.567. The summed E-state index contributed by atoms with van der Waals surface area (Å²) in [5.74, 6) is 0. The lowest BCUT2D eigenvalue weighted by molar-refractivity contribution is -0.124. The lowest BCUT2D eigenvalue weighted by atomic mass is 10.3. The highest BCUT2D eigenvalue weighted by atomic mass is 16.7. The lowest BCUT2D eigenvalue weighted by Gasteiger charge is -2.15. The summed E-state index contributed by atoms with van der Waals surface area (Å²) < 4.78 is 10.2. The molecule has 0 saturated heterocycles. The summed E-state index contributed by atoms with van der Waals surface area (Å²) in [4.78, 5) is 10.2. The molecule has 0 fully saturated rings. The molecule has 0 bridgehead atoms. The standard InChI is InChI=1S/C8H14O3/c1-4-10-8(11-5-2)7(3)6-9/h6,8H,3-5H2,1-2H3. The van der Waals surface area contributed by atoms with Crippen LogP contribution in [0.5, 0.6) is 0 Å². The van der Waals surface area contributed by atoms with Gasteiger partial charge in [0.1, 0.15) is 0 Å². The van der Waals surface area contributed by atoms with Crippen molar-refractivity contribution in [3.05, 3.63) is 12.2 Å². The van der Waals surface area contributed by atoms with E-state index >= 15 is 0 Å². The van der Waals surface area contributed by atoms with E-state index in [1.54, 1.807) is 0 Å². The van der Waals surface area contributed by atoms with E-state index in [0.717, 1.165) is 0 Å². The van der Waals surface area contributed by atoms with Crippen molar-refractivity contribution in [2.24, 2.45) is 0 Å². The van der Waals surface area contributed by atoms with Crippen LogP contribution in [0.3, 0.4) is 0 Å². The highest BCUT2D eigenvalue weighted by molar-refractivity contribution is 5.73. The summed E-state index contributed by atoms with van der Waals surface area (Å²) in [7, 11) is 0. The van der Waals surface area contributed by atoms with Gasteiger partial charge in [-0.05, 0) is 13.8 Å². The maximum atomic E-state index is 10.2. The molecule has 0 aromatic heterocycles. The van der Waals surface area contributed by atoms with Gasteiger partial charge in [0.25, 0.3) is 0 Å². The van der Waals surface area contributed by atoms with E-state index in [2.05, 4.69) is 6.58 Å². The summed E-state index contributed by atoms with van der Waals surface area (Å²) in [6.45, 7) is 8.19. The van der Waals surface area contributed by atoms with E-state index in [4.69, 9.17) is 9.47 Å². The molecular formula is C8H14O3. The molecule has 0 rings (SSSR count). The van der Waals surface area contributed by atoms with Gasteiger partial charge in [-0.25, -0.2) is 0 Å². The van der Waals surface area contributed by atoms with Crippen molar-refractivity contribution >= 4 is 6.29 Å². The maximum Gasteiger partial charge on any atom is 0.186 e. The second kappa shape index (κ2) is 6.07. The zero-order chi connectivity index (χ0) is 8.69. The lowest BCUT2D eigenvalue weighted by Crippen LogP contribution is -2.20. The van der Waals surface area contributed by atoms with Gasteiger partial charge in [-0.15, -0.1) is 0 Å². The third-order valence-electron chi connectivity index (χ3n) is 1.09. The second-order valence-electron chi connectivity index (χ2n) is 1.94. The van der Waals surface area contributed by atoms with Crippen molar-refractivity contribution in [1.29, 1.82) is 0 Å². The number of carbonyl (C=O) groups excluding carboxylic acids is 1. The van der Waals surface area contributed by atoms with Crippen LogP contribution < -0.4 is 0 Å². The molecular weight excluding hydrogens is 144 g/mol. The first-order valence-electron chi connectivity index (χ1n) is 3.63. The fourth-order valence-corrected chi connectivity index (χ4v) is 0.620. The van der Waals surface area contributed by atoms with E-state index < -0.39 is 6.29 Å². The average Bonchev–Trinajstić information content (AvgIpc) is 2.03. The highest BCUT2D eigenvalue weighted by Crippen LogP contribution is 2.03. The molecule has 3 heteroatoms. The highest BCUT2D eigenvalue weighted by Gasteiger charge is 2.10. The number of carbonyl (C=O) groups is 1. The molecule has 0 spiro atoms. The Kier molecular flexibility index (Phi) is 5.70. The SMILES string of the molecule is C=C(C=O)C(OCC)OCC. The zero-order valence-corrected chi connectivity index (χ0v) is 7.00. The van der Waals surface area contributed by atoms with E-state index in [1.165, 1.54) is 0 Å². The quantitative estimate of drug-likeness (QED) is 0.330. The van der Waals surface area contributed by atoms with Crippen LogP contribution >= 0.6 is 0 Å². The predicted octanol–water partition coefficient (Wildman–Crippen LogP) is 1.14. The molecule has 64 valence electrons. The van der Waals surface area contributed by atoms with E-state index in [1.807, 2.05) is 13.8 Å². The number of ether oxygens (including phenoxy) is 2. The molecule has 0 radical (unpaired) electrons. The Balaban J connectivity index is 3.86. The van der Waals surface area contributed by atoms with Crippen LogP contribution in [-0.2, 0) is 14.3 Å². The minimum absolute atomic E-state index is 0.328. The van der Waals surface area contributed by atoms with E-state index in [-0.39, 0.29) is 0 Å². The normalized spacial score (nSPS) is 10.1. The van der Waals surface area contributed by atoms with Crippen molar-refractivity contribution in [2.45, 2.75) is 20.1 Å². The van der Waals surface area contributed by atoms with Gasteiger partial charge < -0.3 is 9.47 Å². The number of aldehydes is 1. The molecule has 0 aliphatic carbocycles. The summed E-state index contributed by atoms with van der Waals surface area (Å²) in [5.41, 5.74) is 0.328. The van der Waals surface area contributed by atoms with Crippen LogP contribution in [0.4, 0.5) is 0 Å². The van der Waals surface area contributed by atoms with E-state index in [9.17, 15) is 4.79 Å². The van der Waals surface area contributed by atoms with Crippen LogP contribution in [0.2, 0.25) is 0 Å². The molecule has 0 saturated carbocycles.